The third kappa shape index (κ3) is 1.73. The van der Waals surface area contributed by atoms with Crippen LogP contribution in [-0.4, -0.2) is 29.5 Å². The number of imidazole rings is 1. The molecule has 0 amide bonds. The normalized spacial score (nSPS) is 11.1. The minimum atomic E-state index is -0.509. The number of H-pyrrole nitrogens is 2. The van der Waals surface area contributed by atoms with Crippen LogP contribution < -0.4 is 11.2 Å². The zero-order valence-electron chi connectivity index (χ0n) is 10.3. The molecule has 0 unspecified atom stereocenters. The van der Waals surface area contributed by atoms with Gasteiger partial charge >= 0.3 is 5.69 Å². The minimum absolute atomic E-state index is 0.236. The van der Waals surface area contributed by atoms with E-state index in [1.54, 1.807) is 12.4 Å². The molecule has 3 aromatic heterocycles. The molecule has 0 aromatic carbocycles. The summed E-state index contributed by atoms with van der Waals surface area (Å²) in [5.74, 6) is 0.397. The highest BCUT2D eigenvalue weighted by molar-refractivity contribution is 5.74. The number of fused-ring (bicyclic) bond motifs is 1. The van der Waals surface area contributed by atoms with Gasteiger partial charge in [0, 0.05) is 13.2 Å². The quantitative estimate of drug-likeness (QED) is 0.623. The standard InChI is InChI=1S/C11H10N6O2/c1-5-3-13-6(4-12-5)8-14-7-9(15-8)17(2)11(19)16-10(7)18/h3-4H,1-2H3,(H,14,15)(H,16,18,19). The lowest BCUT2D eigenvalue weighted by Gasteiger charge is -1.95. The van der Waals surface area contributed by atoms with Crippen LogP contribution >= 0.6 is 0 Å². The van der Waals surface area contributed by atoms with Crippen LogP contribution in [0.1, 0.15) is 5.69 Å². The molecule has 2 N–H and O–H groups in total. The Morgan fingerprint density at radius 3 is 2.63 bits per heavy atom. The van der Waals surface area contributed by atoms with Gasteiger partial charge in [-0.15, -0.1) is 0 Å². The Balaban J connectivity index is 2.30. The fourth-order valence-corrected chi connectivity index (χ4v) is 1.74. The fourth-order valence-electron chi connectivity index (χ4n) is 1.74. The molecule has 0 saturated carbocycles. The van der Waals surface area contributed by atoms with Crippen molar-refractivity contribution in [2.75, 3.05) is 0 Å². The predicted octanol–water partition coefficient (Wildman–Crippen LogP) is -0.285. The summed E-state index contributed by atoms with van der Waals surface area (Å²) in [6.45, 7) is 1.82. The van der Waals surface area contributed by atoms with E-state index in [9.17, 15) is 9.59 Å². The zero-order valence-corrected chi connectivity index (χ0v) is 10.3. The minimum Gasteiger partial charge on any atom is -0.331 e. The lowest BCUT2D eigenvalue weighted by molar-refractivity contribution is 0.832. The number of aryl methyl sites for hydroxylation is 2. The molecule has 0 spiro atoms. The first-order valence-corrected chi connectivity index (χ1v) is 5.54. The smallest absolute Gasteiger partial charge is 0.329 e. The summed E-state index contributed by atoms with van der Waals surface area (Å²) in [5.41, 5.74) is 0.798. The van der Waals surface area contributed by atoms with Crippen molar-refractivity contribution >= 4 is 11.2 Å². The molecule has 96 valence electrons. The summed E-state index contributed by atoms with van der Waals surface area (Å²) in [6.07, 6.45) is 3.16. The van der Waals surface area contributed by atoms with Crippen LogP contribution in [0.3, 0.4) is 0 Å². The first kappa shape index (κ1) is 11.3. The Hall–Kier alpha value is -2.77. The largest absolute Gasteiger partial charge is 0.331 e. The van der Waals surface area contributed by atoms with E-state index in [4.69, 9.17) is 0 Å². The van der Waals surface area contributed by atoms with Crippen molar-refractivity contribution < 1.29 is 0 Å². The Morgan fingerprint density at radius 1 is 1.16 bits per heavy atom. The molecule has 0 fully saturated rings. The molecule has 0 radical (unpaired) electrons. The highest BCUT2D eigenvalue weighted by Crippen LogP contribution is 2.14. The van der Waals surface area contributed by atoms with Gasteiger partial charge in [-0.2, -0.15) is 0 Å². The van der Waals surface area contributed by atoms with Crippen molar-refractivity contribution in [3.05, 3.63) is 38.9 Å². The van der Waals surface area contributed by atoms with Gasteiger partial charge in [-0.1, -0.05) is 0 Å². The molecule has 3 heterocycles. The van der Waals surface area contributed by atoms with Gasteiger partial charge in [-0.05, 0) is 6.92 Å². The summed E-state index contributed by atoms with van der Waals surface area (Å²) in [5, 5.41) is 0. The van der Waals surface area contributed by atoms with Crippen LogP contribution in [0.4, 0.5) is 0 Å². The summed E-state index contributed by atoms with van der Waals surface area (Å²) in [6, 6.07) is 0. The van der Waals surface area contributed by atoms with Gasteiger partial charge in [-0.25, -0.2) is 14.8 Å². The van der Waals surface area contributed by atoms with Crippen molar-refractivity contribution in [1.29, 1.82) is 0 Å². The molecule has 3 aromatic rings. The second kappa shape index (κ2) is 3.87. The van der Waals surface area contributed by atoms with E-state index in [0.29, 0.717) is 11.5 Å². The first-order chi connectivity index (χ1) is 9.06. The molecule has 0 saturated heterocycles. The SMILES string of the molecule is Cc1cnc(-c2nc3c([nH]2)c(=O)[nH]c(=O)n3C)cn1. The number of aromatic nitrogens is 6. The number of hydrogen-bond donors (Lipinski definition) is 2. The number of aromatic amines is 2. The molecular formula is C11H10N6O2. The number of hydrogen-bond acceptors (Lipinski definition) is 5. The molecule has 3 rings (SSSR count). The second-order valence-corrected chi connectivity index (χ2v) is 4.15. The molecule has 0 aliphatic carbocycles. The number of rotatable bonds is 1. The third-order valence-corrected chi connectivity index (χ3v) is 2.78. The van der Waals surface area contributed by atoms with Crippen molar-refractivity contribution in [2.45, 2.75) is 6.92 Å². The lowest BCUT2D eigenvalue weighted by Crippen LogP contribution is -2.28. The molecule has 0 aliphatic heterocycles. The Morgan fingerprint density at radius 2 is 1.95 bits per heavy atom. The third-order valence-electron chi connectivity index (χ3n) is 2.78. The van der Waals surface area contributed by atoms with Crippen LogP contribution in [0.2, 0.25) is 0 Å². The van der Waals surface area contributed by atoms with Crippen molar-refractivity contribution in [1.82, 2.24) is 29.5 Å². The first-order valence-electron chi connectivity index (χ1n) is 5.54. The topological polar surface area (TPSA) is 109 Å². The van der Waals surface area contributed by atoms with Crippen LogP contribution in [0.25, 0.3) is 22.7 Å². The maximum atomic E-state index is 11.7. The Labute approximate surface area is 106 Å². The van der Waals surface area contributed by atoms with Gasteiger partial charge in [0.05, 0.1) is 11.9 Å². The monoisotopic (exact) mass is 258 g/mol. The Kier molecular flexibility index (Phi) is 2.31. The maximum Gasteiger partial charge on any atom is 0.329 e. The van der Waals surface area contributed by atoms with Crippen molar-refractivity contribution in [2.24, 2.45) is 7.05 Å². The van der Waals surface area contributed by atoms with Gasteiger partial charge in [0.15, 0.2) is 11.5 Å². The van der Waals surface area contributed by atoms with Crippen LogP contribution in [0.15, 0.2) is 22.0 Å². The summed E-state index contributed by atoms with van der Waals surface area (Å²) in [4.78, 5) is 40.7. The summed E-state index contributed by atoms with van der Waals surface area (Å²) in [7, 11) is 1.53. The van der Waals surface area contributed by atoms with E-state index >= 15 is 0 Å². The van der Waals surface area contributed by atoms with Gasteiger partial charge in [0.2, 0.25) is 0 Å². The van der Waals surface area contributed by atoms with Crippen molar-refractivity contribution in [3.63, 3.8) is 0 Å². The highest BCUT2D eigenvalue weighted by Gasteiger charge is 2.12. The molecule has 8 nitrogen and oxygen atoms in total. The molecule has 0 bridgehead atoms. The van der Waals surface area contributed by atoms with E-state index in [-0.39, 0.29) is 11.2 Å². The van der Waals surface area contributed by atoms with Gasteiger partial charge < -0.3 is 4.98 Å². The van der Waals surface area contributed by atoms with E-state index in [0.717, 1.165) is 5.69 Å². The number of nitrogens with zero attached hydrogens (tertiary/aromatic N) is 4. The average Bonchev–Trinajstić information content (AvgIpc) is 2.83. The second-order valence-electron chi connectivity index (χ2n) is 4.15. The van der Waals surface area contributed by atoms with E-state index < -0.39 is 11.2 Å². The summed E-state index contributed by atoms with van der Waals surface area (Å²) >= 11 is 0. The van der Waals surface area contributed by atoms with Crippen molar-refractivity contribution in [3.8, 4) is 11.5 Å². The molecule has 19 heavy (non-hydrogen) atoms. The Bertz CT molecular complexity index is 871. The molecule has 0 atom stereocenters. The average molecular weight is 258 g/mol. The van der Waals surface area contributed by atoms with E-state index in [2.05, 4.69) is 24.9 Å². The molecular weight excluding hydrogens is 248 g/mol. The van der Waals surface area contributed by atoms with E-state index in [1.807, 2.05) is 6.92 Å². The lowest BCUT2D eigenvalue weighted by atomic mass is 10.4. The highest BCUT2D eigenvalue weighted by atomic mass is 16.2. The molecule has 0 aliphatic rings. The summed E-state index contributed by atoms with van der Waals surface area (Å²) < 4.78 is 1.26. The zero-order chi connectivity index (χ0) is 13.6. The van der Waals surface area contributed by atoms with Crippen LogP contribution in [0.5, 0.6) is 0 Å². The fraction of sp³-hybridized carbons (Fsp3) is 0.182. The van der Waals surface area contributed by atoms with Crippen LogP contribution in [0, 0.1) is 6.92 Å². The van der Waals surface area contributed by atoms with Crippen LogP contribution in [-0.2, 0) is 7.05 Å². The maximum absolute atomic E-state index is 11.7. The molecule has 8 heteroatoms. The van der Waals surface area contributed by atoms with E-state index in [1.165, 1.54) is 11.6 Å². The van der Waals surface area contributed by atoms with Gasteiger partial charge in [-0.3, -0.25) is 19.3 Å². The van der Waals surface area contributed by atoms with Gasteiger partial charge in [0.1, 0.15) is 11.2 Å². The number of nitrogens with one attached hydrogen (secondary N) is 2. The van der Waals surface area contributed by atoms with Gasteiger partial charge in [0.25, 0.3) is 5.56 Å². The predicted molar refractivity (Wildman–Crippen MR) is 67.7 cm³/mol.